The van der Waals surface area contributed by atoms with Gasteiger partial charge in [-0.3, -0.25) is 4.79 Å². The lowest BCUT2D eigenvalue weighted by Crippen LogP contribution is -2.50. The summed E-state index contributed by atoms with van der Waals surface area (Å²) in [7, 11) is 0. The van der Waals surface area contributed by atoms with Crippen molar-refractivity contribution in [3.8, 4) is 0 Å². The second kappa shape index (κ2) is 6.49. The van der Waals surface area contributed by atoms with Crippen LogP contribution in [0.3, 0.4) is 0 Å². The maximum Gasteiger partial charge on any atom is 0.223 e. The highest BCUT2D eigenvalue weighted by Crippen LogP contribution is 2.39. The zero-order valence-electron chi connectivity index (χ0n) is 12.4. The summed E-state index contributed by atoms with van der Waals surface area (Å²) in [6.07, 6.45) is 6.75. The van der Waals surface area contributed by atoms with Gasteiger partial charge < -0.3 is 10.6 Å². The number of nitrogens with zero attached hydrogens (tertiary/aromatic N) is 1. The minimum atomic E-state index is 0.100. The fraction of sp³-hybridized carbons (Fsp3) is 0.933. The van der Waals surface area contributed by atoms with Gasteiger partial charge in [0.2, 0.25) is 5.91 Å². The summed E-state index contributed by atoms with van der Waals surface area (Å²) in [6, 6.07) is 0.365. The van der Waals surface area contributed by atoms with Crippen LogP contribution in [0.4, 0.5) is 0 Å². The van der Waals surface area contributed by atoms with E-state index in [2.05, 4.69) is 18.7 Å². The first-order chi connectivity index (χ1) is 9.08. The van der Waals surface area contributed by atoms with Crippen LogP contribution in [-0.2, 0) is 4.79 Å². The molecule has 2 rings (SSSR count). The van der Waals surface area contributed by atoms with Crippen molar-refractivity contribution >= 4 is 17.7 Å². The Morgan fingerprint density at radius 1 is 1.32 bits per heavy atom. The lowest BCUT2D eigenvalue weighted by Gasteiger charge is -2.41. The summed E-state index contributed by atoms with van der Waals surface area (Å²) in [5.74, 6) is 1.42. The van der Waals surface area contributed by atoms with Crippen molar-refractivity contribution in [3.63, 3.8) is 0 Å². The van der Waals surface area contributed by atoms with Gasteiger partial charge in [0.1, 0.15) is 0 Å². The zero-order valence-corrected chi connectivity index (χ0v) is 13.2. The van der Waals surface area contributed by atoms with Gasteiger partial charge in [0.05, 0.1) is 0 Å². The first kappa shape index (κ1) is 15.2. The molecule has 1 saturated carbocycles. The topological polar surface area (TPSA) is 46.3 Å². The van der Waals surface area contributed by atoms with E-state index in [-0.39, 0.29) is 5.41 Å². The summed E-state index contributed by atoms with van der Waals surface area (Å²) >= 11 is 1.98. The fourth-order valence-corrected chi connectivity index (χ4v) is 4.56. The molecule has 2 N–H and O–H groups in total. The molecule has 2 atom stereocenters. The number of rotatable bonds is 3. The first-order valence-electron chi connectivity index (χ1n) is 7.69. The second-order valence-corrected chi connectivity index (χ2v) is 7.83. The van der Waals surface area contributed by atoms with Crippen molar-refractivity contribution in [2.24, 2.45) is 11.1 Å². The summed E-state index contributed by atoms with van der Waals surface area (Å²) in [4.78, 5) is 14.8. The minimum absolute atomic E-state index is 0.100. The average Bonchev–Trinajstić information content (AvgIpc) is 2.42. The van der Waals surface area contributed by atoms with Gasteiger partial charge in [-0.2, -0.15) is 11.8 Å². The van der Waals surface area contributed by atoms with Gasteiger partial charge in [-0.05, 0) is 31.7 Å². The molecule has 1 amide bonds. The molecule has 1 heterocycles. The lowest BCUT2D eigenvalue weighted by molar-refractivity contribution is -0.136. The van der Waals surface area contributed by atoms with E-state index < -0.39 is 0 Å². The number of thioether (sulfide) groups is 1. The Bertz CT molecular complexity index is 315. The molecular formula is C15H28N2OS. The number of amides is 1. The van der Waals surface area contributed by atoms with E-state index in [9.17, 15) is 4.79 Å². The van der Waals surface area contributed by atoms with Gasteiger partial charge in [-0.25, -0.2) is 0 Å². The van der Waals surface area contributed by atoms with Gasteiger partial charge in [0.15, 0.2) is 0 Å². The maximum atomic E-state index is 12.6. The highest BCUT2D eigenvalue weighted by atomic mass is 32.2. The van der Waals surface area contributed by atoms with Crippen molar-refractivity contribution in [1.82, 2.24) is 4.90 Å². The molecule has 2 fully saturated rings. The van der Waals surface area contributed by atoms with Crippen LogP contribution in [0, 0.1) is 5.41 Å². The van der Waals surface area contributed by atoms with Gasteiger partial charge in [-0.1, -0.05) is 26.2 Å². The number of nitrogens with two attached hydrogens (primary N) is 1. The van der Waals surface area contributed by atoms with Crippen molar-refractivity contribution in [2.45, 2.75) is 63.7 Å². The van der Waals surface area contributed by atoms with Crippen molar-refractivity contribution in [1.29, 1.82) is 0 Å². The summed E-state index contributed by atoms with van der Waals surface area (Å²) < 4.78 is 0. The molecule has 110 valence electrons. The smallest absolute Gasteiger partial charge is 0.223 e. The maximum absolute atomic E-state index is 12.6. The molecule has 4 heteroatoms. The number of hydrogen-bond acceptors (Lipinski definition) is 3. The normalized spacial score (nSPS) is 31.2. The third kappa shape index (κ3) is 3.46. The summed E-state index contributed by atoms with van der Waals surface area (Å²) in [5.41, 5.74) is 6.10. The minimum Gasteiger partial charge on any atom is -0.338 e. The molecule has 0 spiro atoms. The highest BCUT2D eigenvalue weighted by molar-refractivity contribution is 8.00. The van der Waals surface area contributed by atoms with E-state index in [4.69, 9.17) is 5.73 Å². The van der Waals surface area contributed by atoms with Gasteiger partial charge >= 0.3 is 0 Å². The van der Waals surface area contributed by atoms with E-state index in [1.807, 2.05) is 11.8 Å². The Hall–Kier alpha value is -0.220. The van der Waals surface area contributed by atoms with Crippen LogP contribution in [0.25, 0.3) is 0 Å². The monoisotopic (exact) mass is 284 g/mol. The Labute approximate surface area is 121 Å². The summed E-state index contributed by atoms with van der Waals surface area (Å²) in [6.45, 7) is 6.00. The van der Waals surface area contributed by atoms with Crippen LogP contribution in [-0.4, -0.2) is 40.9 Å². The number of carbonyl (C=O) groups excluding carboxylic acids is 1. The van der Waals surface area contributed by atoms with E-state index in [1.165, 1.54) is 19.3 Å². The van der Waals surface area contributed by atoms with E-state index >= 15 is 0 Å². The molecule has 0 aromatic rings. The fourth-order valence-electron chi connectivity index (χ4n) is 3.46. The van der Waals surface area contributed by atoms with E-state index in [0.717, 1.165) is 25.1 Å². The molecule has 0 radical (unpaired) electrons. The van der Waals surface area contributed by atoms with Crippen LogP contribution in [0.5, 0.6) is 0 Å². The molecule has 19 heavy (non-hydrogen) atoms. The predicted octanol–water partition coefficient (Wildman–Crippen LogP) is 2.64. The Kier molecular flexibility index (Phi) is 5.18. The predicted molar refractivity (Wildman–Crippen MR) is 82.3 cm³/mol. The standard InChI is InChI=1S/C15H28N2OS/c1-12-13(2)19-9-8-17(12)14(18)10-15(11-16)6-4-3-5-7-15/h12-13H,3-11,16H2,1-2H3. The molecule has 3 nitrogen and oxygen atoms in total. The van der Waals surface area contributed by atoms with Gasteiger partial charge in [0.25, 0.3) is 0 Å². The lowest BCUT2D eigenvalue weighted by atomic mass is 9.71. The SMILES string of the molecule is CC1SCCN(C(=O)CC2(CN)CCCCC2)C1C. The van der Waals surface area contributed by atoms with Crippen LogP contribution in [0.2, 0.25) is 0 Å². The molecule has 2 aliphatic rings. The van der Waals surface area contributed by atoms with E-state index in [1.54, 1.807) is 0 Å². The Morgan fingerprint density at radius 2 is 2.00 bits per heavy atom. The number of hydrogen-bond donors (Lipinski definition) is 1. The van der Waals surface area contributed by atoms with Crippen molar-refractivity contribution in [2.75, 3.05) is 18.8 Å². The first-order valence-corrected chi connectivity index (χ1v) is 8.74. The van der Waals surface area contributed by atoms with Crippen molar-refractivity contribution < 1.29 is 4.79 Å². The number of carbonyl (C=O) groups is 1. The molecule has 0 aromatic carbocycles. The largest absolute Gasteiger partial charge is 0.338 e. The molecule has 0 aromatic heterocycles. The molecule has 1 aliphatic heterocycles. The average molecular weight is 284 g/mol. The quantitative estimate of drug-likeness (QED) is 0.866. The third-order valence-corrected chi connectivity index (χ3v) is 6.42. The van der Waals surface area contributed by atoms with Crippen LogP contribution >= 0.6 is 11.8 Å². The molecule has 0 bridgehead atoms. The molecule has 1 saturated heterocycles. The van der Waals surface area contributed by atoms with Crippen LogP contribution in [0.1, 0.15) is 52.4 Å². The molecule has 1 aliphatic carbocycles. The van der Waals surface area contributed by atoms with Gasteiger partial charge in [-0.15, -0.1) is 0 Å². The molecular weight excluding hydrogens is 256 g/mol. The summed E-state index contributed by atoms with van der Waals surface area (Å²) in [5, 5.41) is 0.554. The second-order valence-electron chi connectivity index (χ2n) is 6.35. The molecule has 2 unspecified atom stereocenters. The van der Waals surface area contributed by atoms with E-state index in [0.29, 0.717) is 30.2 Å². The Morgan fingerprint density at radius 3 is 2.63 bits per heavy atom. The van der Waals surface area contributed by atoms with Crippen molar-refractivity contribution in [3.05, 3.63) is 0 Å². The van der Waals surface area contributed by atoms with Crippen LogP contribution < -0.4 is 5.73 Å². The third-order valence-electron chi connectivity index (χ3n) is 5.08. The Balaban J connectivity index is 1.98. The van der Waals surface area contributed by atoms with Crippen LogP contribution in [0.15, 0.2) is 0 Å². The zero-order chi connectivity index (χ0) is 13.9. The van der Waals surface area contributed by atoms with Gasteiger partial charge in [0, 0.05) is 30.0 Å². The highest BCUT2D eigenvalue weighted by Gasteiger charge is 2.37.